The molecule has 1 atom stereocenters. The van der Waals surface area contributed by atoms with Crippen LogP contribution in [0.3, 0.4) is 0 Å². The standard InChI is InChI=1S/C17H23N3O3/c1-12-8-14(11-17(2,3)10-12)18-19-16(21)9-13-4-6-15(7-5-13)20(22)23/h4-7,12H,8-11H2,1-3H3,(H,19,21)/b18-14+/t12-/m0/s1. The Bertz CT molecular complexity index is 620. The van der Waals surface area contributed by atoms with Crippen LogP contribution in [0.1, 0.15) is 45.6 Å². The molecule has 6 nitrogen and oxygen atoms in total. The van der Waals surface area contributed by atoms with Gasteiger partial charge < -0.3 is 0 Å². The molecule has 0 unspecified atom stereocenters. The maximum Gasteiger partial charge on any atom is 0.269 e. The third-order valence-corrected chi connectivity index (χ3v) is 4.02. The third kappa shape index (κ3) is 5.16. The fraction of sp³-hybridized carbons (Fsp3) is 0.529. The lowest BCUT2D eigenvalue weighted by molar-refractivity contribution is -0.384. The van der Waals surface area contributed by atoms with E-state index in [9.17, 15) is 14.9 Å². The highest BCUT2D eigenvalue weighted by Gasteiger charge is 2.29. The average Bonchev–Trinajstić information content (AvgIpc) is 2.43. The van der Waals surface area contributed by atoms with Crippen molar-refractivity contribution in [1.29, 1.82) is 0 Å². The summed E-state index contributed by atoms with van der Waals surface area (Å²) >= 11 is 0. The van der Waals surface area contributed by atoms with Crippen LogP contribution in [0.2, 0.25) is 0 Å². The van der Waals surface area contributed by atoms with E-state index < -0.39 is 4.92 Å². The lowest BCUT2D eigenvalue weighted by atomic mass is 9.72. The van der Waals surface area contributed by atoms with E-state index in [4.69, 9.17) is 0 Å². The normalized spacial score (nSPS) is 21.9. The molecule has 0 radical (unpaired) electrons. The van der Waals surface area contributed by atoms with Gasteiger partial charge in [0, 0.05) is 17.8 Å². The fourth-order valence-electron chi connectivity index (χ4n) is 3.30. The number of amides is 1. The molecule has 1 N–H and O–H groups in total. The zero-order valence-electron chi connectivity index (χ0n) is 13.8. The topological polar surface area (TPSA) is 84.6 Å². The Kier molecular flexibility index (Phi) is 5.13. The Balaban J connectivity index is 1.92. The van der Waals surface area contributed by atoms with Gasteiger partial charge in [-0.2, -0.15) is 5.10 Å². The summed E-state index contributed by atoms with van der Waals surface area (Å²) in [5.41, 5.74) is 4.62. The smallest absolute Gasteiger partial charge is 0.269 e. The Morgan fingerprint density at radius 1 is 1.39 bits per heavy atom. The minimum Gasteiger partial charge on any atom is -0.273 e. The van der Waals surface area contributed by atoms with E-state index in [1.54, 1.807) is 12.1 Å². The highest BCUT2D eigenvalue weighted by atomic mass is 16.6. The predicted molar refractivity (Wildman–Crippen MR) is 89.2 cm³/mol. The number of nitrogens with one attached hydrogen (secondary N) is 1. The Morgan fingerprint density at radius 3 is 2.61 bits per heavy atom. The minimum atomic E-state index is -0.457. The number of non-ortho nitro benzene ring substituents is 1. The number of hydrogen-bond donors (Lipinski definition) is 1. The van der Waals surface area contributed by atoms with E-state index in [0.29, 0.717) is 5.92 Å². The summed E-state index contributed by atoms with van der Waals surface area (Å²) in [6.07, 6.45) is 3.15. The monoisotopic (exact) mass is 317 g/mol. The van der Waals surface area contributed by atoms with Crippen LogP contribution in [0.25, 0.3) is 0 Å². The summed E-state index contributed by atoms with van der Waals surface area (Å²) in [4.78, 5) is 22.1. The zero-order chi connectivity index (χ0) is 17.0. The Hall–Kier alpha value is -2.24. The van der Waals surface area contributed by atoms with Gasteiger partial charge >= 0.3 is 0 Å². The van der Waals surface area contributed by atoms with Crippen LogP contribution in [0, 0.1) is 21.4 Å². The summed E-state index contributed by atoms with van der Waals surface area (Å²) in [5.74, 6) is 0.367. The molecule has 124 valence electrons. The van der Waals surface area contributed by atoms with Gasteiger partial charge in [-0.1, -0.05) is 32.9 Å². The molecule has 2 rings (SSSR count). The first kappa shape index (κ1) is 17.1. The number of hydrogen-bond acceptors (Lipinski definition) is 4. The Labute approximate surface area is 136 Å². The van der Waals surface area contributed by atoms with E-state index in [0.717, 1.165) is 24.1 Å². The molecule has 0 heterocycles. The molecule has 1 aromatic carbocycles. The molecule has 6 heteroatoms. The van der Waals surface area contributed by atoms with E-state index in [-0.39, 0.29) is 23.4 Å². The zero-order valence-corrected chi connectivity index (χ0v) is 13.8. The number of hydrazone groups is 1. The number of benzene rings is 1. The van der Waals surface area contributed by atoms with Gasteiger partial charge in [-0.15, -0.1) is 0 Å². The first-order valence-electron chi connectivity index (χ1n) is 7.83. The number of nitro benzene ring substituents is 1. The highest BCUT2D eigenvalue weighted by Crippen LogP contribution is 2.36. The molecular weight excluding hydrogens is 294 g/mol. The van der Waals surface area contributed by atoms with Crippen LogP contribution in [0.4, 0.5) is 5.69 Å². The van der Waals surface area contributed by atoms with Crippen LogP contribution in [-0.4, -0.2) is 16.5 Å². The SMILES string of the molecule is C[C@H]1C/C(=N\NC(=O)Cc2ccc([N+](=O)[O-])cc2)CC(C)(C)C1. The maximum atomic E-state index is 12.0. The molecule has 0 aliphatic heterocycles. The molecule has 1 saturated carbocycles. The van der Waals surface area contributed by atoms with Gasteiger partial charge in [0.15, 0.2) is 0 Å². The molecule has 0 aromatic heterocycles. The molecule has 23 heavy (non-hydrogen) atoms. The molecule has 0 saturated heterocycles. The predicted octanol–water partition coefficient (Wildman–Crippen LogP) is 3.46. The van der Waals surface area contributed by atoms with Crippen LogP contribution in [0.5, 0.6) is 0 Å². The Morgan fingerprint density at radius 2 is 2.04 bits per heavy atom. The average molecular weight is 317 g/mol. The molecular formula is C17H23N3O3. The fourth-order valence-corrected chi connectivity index (χ4v) is 3.30. The van der Waals surface area contributed by atoms with Crippen LogP contribution in [-0.2, 0) is 11.2 Å². The maximum absolute atomic E-state index is 12.0. The number of carbonyl (C=O) groups is 1. The molecule has 0 spiro atoms. The molecule has 1 aliphatic carbocycles. The van der Waals surface area contributed by atoms with Gasteiger partial charge in [0.1, 0.15) is 0 Å². The van der Waals surface area contributed by atoms with Crippen molar-refractivity contribution in [3.05, 3.63) is 39.9 Å². The number of nitrogens with zero attached hydrogens (tertiary/aromatic N) is 2. The van der Waals surface area contributed by atoms with Crippen molar-refractivity contribution in [3.8, 4) is 0 Å². The van der Waals surface area contributed by atoms with E-state index in [1.165, 1.54) is 18.6 Å². The van der Waals surface area contributed by atoms with Gasteiger partial charge in [0.05, 0.1) is 11.3 Å². The molecule has 1 aliphatic rings. The molecule has 0 bridgehead atoms. The third-order valence-electron chi connectivity index (χ3n) is 4.02. The van der Waals surface area contributed by atoms with Gasteiger partial charge in [-0.25, -0.2) is 5.43 Å². The second kappa shape index (κ2) is 6.89. The highest BCUT2D eigenvalue weighted by molar-refractivity contribution is 5.88. The quantitative estimate of drug-likeness (QED) is 0.681. The van der Waals surface area contributed by atoms with Crippen molar-refractivity contribution in [3.63, 3.8) is 0 Å². The van der Waals surface area contributed by atoms with Crippen molar-refractivity contribution in [2.75, 3.05) is 0 Å². The first-order valence-corrected chi connectivity index (χ1v) is 7.83. The van der Waals surface area contributed by atoms with Crippen molar-refractivity contribution >= 4 is 17.3 Å². The van der Waals surface area contributed by atoms with Crippen molar-refractivity contribution in [2.24, 2.45) is 16.4 Å². The molecule has 1 fully saturated rings. The van der Waals surface area contributed by atoms with Crippen LogP contribution < -0.4 is 5.43 Å². The number of carbonyl (C=O) groups excluding carboxylic acids is 1. The van der Waals surface area contributed by atoms with Crippen molar-refractivity contribution < 1.29 is 9.72 Å². The van der Waals surface area contributed by atoms with Crippen molar-refractivity contribution in [2.45, 2.75) is 46.5 Å². The first-order chi connectivity index (χ1) is 10.7. The van der Waals surface area contributed by atoms with Gasteiger partial charge in [-0.3, -0.25) is 14.9 Å². The summed E-state index contributed by atoms with van der Waals surface area (Å²) in [5, 5.41) is 14.9. The summed E-state index contributed by atoms with van der Waals surface area (Å²) in [7, 11) is 0. The van der Waals surface area contributed by atoms with Gasteiger partial charge in [0.2, 0.25) is 5.91 Å². The van der Waals surface area contributed by atoms with E-state index >= 15 is 0 Å². The van der Waals surface area contributed by atoms with Crippen molar-refractivity contribution in [1.82, 2.24) is 5.43 Å². The molecule has 1 amide bonds. The second-order valence-corrected chi connectivity index (χ2v) is 7.17. The van der Waals surface area contributed by atoms with E-state index in [1.807, 2.05) is 0 Å². The lowest BCUT2D eigenvalue weighted by Crippen LogP contribution is -2.30. The van der Waals surface area contributed by atoms with Gasteiger partial charge in [0.25, 0.3) is 5.69 Å². The number of rotatable bonds is 4. The largest absolute Gasteiger partial charge is 0.273 e. The number of nitro groups is 1. The summed E-state index contributed by atoms with van der Waals surface area (Å²) in [6.45, 7) is 6.64. The summed E-state index contributed by atoms with van der Waals surface area (Å²) in [6, 6.07) is 5.99. The van der Waals surface area contributed by atoms with E-state index in [2.05, 4.69) is 31.3 Å². The van der Waals surface area contributed by atoms with Crippen LogP contribution >= 0.6 is 0 Å². The van der Waals surface area contributed by atoms with Gasteiger partial charge in [-0.05, 0) is 36.2 Å². The minimum absolute atomic E-state index is 0.0211. The lowest BCUT2D eigenvalue weighted by Gasteiger charge is -2.34. The second-order valence-electron chi connectivity index (χ2n) is 7.17. The summed E-state index contributed by atoms with van der Waals surface area (Å²) < 4.78 is 0. The van der Waals surface area contributed by atoms with Crippen LogP contribution in [0.15, 0.2) is 29.4 Å². The molecule has 1 aromatic rings.